The minimum Gasteiger partial charge on any atom is -1.00 e. The summed E-state index contributed by atoms with van der Waals surface area (Å²) in [5, 5.41) is 0. The number of halogens is 5. The van der Waals surface area contributed by atoms with Crippen molar-refractivity contribution in [2.24, 2.45) is 0 Å². The van der Waals surface area contributed by atoms with E-state index in [-0.39, 0.29) is 66.8 Å². The smallest absolute Gasteiger partial charge is 1.00 e. The molecular formula is H6BrF4Na. The van der Waals surface area contributed by atoms with Gasteiger partial charge in [-0.1, -0.05) is 0 Å². The van der Waals surface area contributed by atoms with Crippen LogP contribution in [0.15, 0.2) is 0 Å². The normalized spacial score (nSPS) is 0. The Morgan fingerprint density at radius 3 is 0.667 bits per heavy atom. The zero-order valence-electron chi connectivity index (χ0n) is 4.04. The maximum Gasteiger partial charge on any atom is 1.00 e. The third kappa shape index (κ3) is 63.7. The van der Waals surface area contributed by atoms with Gasteiger partial charge in [0.15, 0.2) is 0 Å². The molecule has 0 saturated heterocycles. The molecule has 0 bridgehead atoms. The molecule has 0 N–H and O–H groups in total. The average Bonchev–Trinajstić information content (AvgIpc) is 0. The van der Waals surface area contributed by atoms with E-state index in [4.69, 9.17) is 0 Å². The van der Waals surface area contributed by atoms with Gasteiger partial charge >= 0.3 is 29.6 Å². The fourth-order valence-electron chi connectivity index (χ4n) is 0. The monoisotopic (exact) mass is 184 g/mol. The minimum atomic E-state index is 0. The van der Waals surface area contributed by atoms with Gasteiger partial charge in [-0.25, -0.2) is 0 Å². The predicted molar refractivity (Wildman–Crippen MR) is 21.4 cm³/mol. The van der Waals surface area contributed by atoms with Crippen LogP contribution in [0.5, 0.6) is 0 Å². The molecule has 0 aromatic heterocycles. The summed E-state index contributed by atoms with van der Waals surface area (Å²) < 4.78 is 0. The van der Waals surface area contributed by atoms with Gasteiger partial charge in [0.2, 0.25) is 0 Å². The number of hydrogen-bond donors (Lipinski definition) is 0. The molecule has 0 aromatic carbocycles. The maximum atomic E-state index is 0. The average molecular weight is 185 g/mol. The molecule has 0 rings (SSSR count). The molecule has 0 heterocycles. The van der Waals surface area contributed by atoms with Crippen LogP contribution >= 0.6 is 17.0 Å². The van der Waals surface area contributed by atoms with Gasteiger partial charge in [0.25, 0.3) is 0 Å². The van der Waals surface area contributed by atoms with Crippen LogP contribution in [0.25, 0.3) is 0 Å². The topological polar surface area (TPSA) is 0 Å². The molecule has 0 saturated carbocycles. The molecular weight excluding hydrogens is 179 g/mol. The molecule has 6 heteroatoms. The third-order valence-electron chi connectivity index (χ3n) is 0. The first kappa shape index (κ1) is 192. The van der Waals surface area contributed by atoms with E-state index in [9.17, 15) is 0 Å². The van der Waals surface area contributed by atoms with Gasteiger partial charge in [-0.05, 0) is 0 Å². The van der Waals surface area contributed by atoms with Crippen LogP contribution in [-0.4, -0.2) is 0 Å². The van der Waals surface area contributed by atoms with Crippen molar-refractivity contribution in [1.82, 2.24) is 0 Å². The Labute approximate surface area is 66.7 Å². The molecule has 0 radical (unpaired) electrons. The zero-order valence-corrected chi connectivity index (χ0v) is 6.75. The standard InChI is InChI=1S/BrH.4FH.Na.H/h5*1H;;/q;;;;;+1;-1. The molecule has 0 fully saturated rings. The Kier molecular flexibility index (Phi) is 3730. The van der Waals surface area contributed by atoms with E-state index in [1.807, 2.05) is 0 Å². The molecule has 42 valence electrons. The summed E-state index contributed by atoms with van der Waals surface area (Å²) in [6.07, 6.45) is 0. The van der Waals surface area contributed by atoms with Gasteiger partial charge in [0, 0.05) is 0 Å². The van der Waals surface area contributed by atoms with Crippen molar-refractivity contribution in [3.63, 3.8) is 0 Å². The van der Waals surface area contributed by atoms with Gasteiger partial charge in [0.1, 0.15) is 0 Å². The first-order chi connectivity index (χ1) is 0. The van der Waals surface area contributed by atoms with E-state index < -0.39 is 0 Å². The van der Waals surface area contributed by atoms with E-state index in [0.717, 1.165) is 0 Å². The first-order valence-corrected chi connectivity index (χ1v) is 0. The molecule has 0 aliphatic carbocycles. The van der Waals surface area contributed by atoms with E-state index in [1.54, 1.807) is 0 Å². The minimum absolute atomic E-state index is 0. The Hall–Kier alpha value is 1.20. The molecule has 0 aliphatic heterocycles. The molecule has 0 atom stereocenters. The Bertz CT molecular complexity index is 11.7. The van der Waals surface area contributed by atoms with Crippen molar-refractivity contribution < 1.29 is 49.8 Å². The SMILES string of the molecule is Br.F.F.F.F.[H-].[Na+]. The summed E-state index contributed by atoms with van der Waals surface area (Å²) in [7, 11) is 0. The second kappa shape index (κ2) is 116. The van der Waals surface area contributed by atoms with Crippen LogP contribution in [0, 0.1) is 0 Å². The number of hydrogen-bond acceptors (Lipinski definition) is 0. The van der Waals surface area contributed by atoms with Crippen molar-refractivity contribution in [3.8, 4) is 0 Å². The summed E-state index contributed by atoms with van der Waals surface area (Å²) in [4.78, 5) is 0. The van der Waals surface area contributed by atoms with E-state index in [0.29, 0.717) is 0 Å². The molecule has 0 amide bonds. The zero-order chi connectivity index (χ0) is 0. The maximum absolute atomic E-state index is 0. The Morgan fingerprint density at radius 2 is 0.667 bits per heavy atom. The van der Waals surface area contributed by atoms with Crippen LogP contribution in [0.2, 0.25) is 0 Å². The molecule has 6 heavy (non-hydrogen) atoms. The largest absolute Gasteiger partial charge is 1.00 e. The second-order valence-corrected chi connectivity index (χ2v) is 0. The van der Waals surface area contributed by atoms with Gasteiger partial charge < -0.3 is 1.43 Å². The van der Waals surface area contributed by atoms with Crippen LogP contribution < -0.4 is 29.6 Å². The second-order valence-electron chi connectivity index (χ2n) is 0. The predicted octanol–water partition coefficient (Wildman–Crippen LogP) is -1.70. The van der Waals surface area contributed by atoms with Crippen LogP contribution in [0.3, 0.4) is 0 Å². The van der Waals surface area contributed by atoms with Gasteiger partial charge in [-0.15, -0.1) is 17.0 Å². The molecule has 0 spiro atoms. The van der Waals surface area contributed by atoms with Gasteiger partial charge in [-0.3, -0.25) is 18.8 Å². The van der Waals surface area contributed by atoms with Crippen molar-refractivity contribution in [3.05, 3.63) is 0 Å². The van der Waals surface area contributed by atoms with Crippen molar-refractivity contribution in [2.75, 3.05) is 0 Å². The molecule has 0 nitrogen and oxygen atoms in total. The first-order valence-electron chi connectivity index (χ1n) is 0. The van der Waals surface area contributed by atoms with Crippen LogP contribution in [0.1, 0.15) is 1.43 Å². The van der Waals surface area contributed by atoms with Crippen molar-refractivity contribution >= 4 is 17.0 Å². The van der Waals surface area contributed by atoms with Gasteiger partial charge in [-0.2, -0.15) is 0 Å². The quantitative estimate of drug-likeness (QED) is 0.312. The fraction of sp³-hybridized carbons (Fsp3) is 0. The molecule has 0 unspecified atom stereocenters. The Balaban J connectivity index is 0. The molecule has 0 aromatic rings. The summed E-state index contributed by atoms with van der Waals surface area (Å²) in [6, 6.07) is 0. The molecule has 0 aliphatic rings. The Morgan fingerprint density at radius 1 is 0.667 bits per heavy atom. The van der Waals surface area contributed by atoms with E-state index in [1.165, 1.54) is 0 Å². The summed E-state index contributed by atoms with van der Waals surface area (Å²) >= 11 is 0. The van der Waals surface area contributed by atoms with Crippen LogP contribution in [0.4, 0.5) is 18.8 Å². The summed E-state index contributed by atoms with van der Waals surface area (Å²) in [5.74, 6) is 0. The van der Waals surface area contributed by atoms with Crippen molar-refractivity contribution in [1.29, 1.82) is 0 Å². The van der Waals surface area contributed by atoms with Crippen molar-refractivity contribution in [2.45, 2.75) is 0 Å². The van der Waals surface area contributed by atoms with Gasteiger partial charge in [0.05, 0.1) is 0 Å². The fourth-order valence-corrected chi connectivity index (χ4v) is 0. The third-order valence-corrected chi connectivity index (χ3v) is 0. The summed E-state index contributed by atoms with van der Waals surface area (Å²) in [6.45, 7) is 0. The summed E-state index contributed by atoms with van der Waals surface area (Å²) in [5.41, 5.74) is 0. The van der Waals surface area contributed by atoms with Crippen LogP contribution in [-0.2, 0) is 0 Å². The van der Waals surface area contributed by atoms with E-state index >= 15 is 0 Å². The number of rotatable bonds is 0. The van der Waals surface area contributed by atoms with E-state index in [2.05, 4.69) is 0 Å².